The molecule has 21 heteroatoms. The van der Waals surface area contributed by atoms with Crippen LogP contribution in [-0.4, -0.2) is 136 Å². The highest BCUT2D eigenvalue weighted by atomic mass is 19.4. The van der Waals surface area contributed by atoms with Crippen LogP contribution >= 0.6 is 0 Å². The van der Waals surface area contributed by atoms with Crippen molar-refractivity contribution in [1.82, 2.24) is 25.0 Å². The molecule has 3 heterocycles. The van der Waals surface area contributed by atoms with E-state index in [1.54, 1.807) is 0 Å². The third kappa shape index (κ3) is 16.6. The van der Waals surface area contributed by atoms with Crippen LogP contribution in [0.25, 0.3) is 0 Å². The lowest BCUT2D eigenvalue weighted by Gasteiger charge is -2.33. The maximum absolute atomic E-state index is 12.8. The van der Waals surface area contributed by atoms with Gasteiger partial charge in [0.2, 0.25) is 5.91 Å². The summed E-state index contributed by atoms with van der Waals surface area (Å²) in [5.74, 6) is -7.48. The van der Waals surface area contributed by atoms with Gasteiger partial charge >= 0.3 is 36.4 Å². The van der Waals surface area contributed by atoms with Gasteiger partial charge in [-0.3, -0.25) is 19.6 Å². The molecule has 270 valence electrons. The van der Waals surface area contributed by atoms with Crippen LogP contribution in [-0.2, 0) is 25.7 Å². The highest BCUT2D eigenvalue weighted by Crippen LogP contribution is 2.37. The van der Waals surface area contributed by atoms with Gasteiger partial charge in [-0.05, 0) is 58.0 Å². The van der Waals surface area contributed by atoms with Crippen LogP contribution in [0.1, 0.15) is 25.8 Å². The van der Waals surface area contributed by atoms with Crippen LogP contribution in [0.4, 0.5) is 39.5 Å². The SMILES string of the molecule is CC(C)N1[C@@H](C(=O)NCCN(C)C)C[C@H]2CN(Cc3ccncc3)C[C@H]21.O=C(O)C(F)(F)F.O=C(O)C(F)(F)F.O=C(O)C(F)(F)F. The van der Waals surface area contributed by atoms with E-state index in [0.717, 1.165) is 39.1 Å². The summed E-state index contributed by atoms with van der Waals surface area (Å²) in [5, 5.41) is 24.5. The molecule has 47 heavy (non-hydrogen) atoms. The number of likely N-dealkylation sites (N-methyl/N-ethyl adjacent to an activating group) is 1. The quantitative estimate of drug-likeness (QED) is 0.309. The number of carboxylic acids is 3. The van der Waals surface area contributed by atoms with Crippen molar-refractivity contribution in [1.29, 1.82) is 0 Å². The zero-order valence-electron chi connectivity index (χ0n) is 25.5. The maximum Gasteiger partial charge on any atom is 0.490 e. The summed E-state index contributed by atoms with van der Waals surface area (Å²) in [7, 11) is 4.06. The second-order valence-electron chi connectivity index (χ2n) is 10.7. The average molecular weight is 702 g/mol. The minimum absolute atomic E-state index is 0.0234. The molecular weight excluding hydrogens is 665 g/mol. The second kappa shape index (κ2) is 18.6. The molecule has 0 unspecified atom stereocenters. The molecule has 3 rings (SSSR count). The number of carbonyl (C=O) groups is 4. The van der Waals surface area contributed by atoms with E-state index in [1.807, 2.05) is 26.5 Å². The number of aromatic nitrogens is 1. The van der Waals surface area contributed by atoms with Gasteiger partial charge in [0, 0.05) is 57.2 Å². The summed E-state index contributed by atoms with van der Waals surface area (Å²) in [6, 6.07) is 5.08. The molecule has 0 bridgehead atoms. The Labute approximate surface area is 263 Å². The number of nitrogens with zero attached hydrogens (tertiary/aromatic N) is 4. The van der Waals surface area contributed by atoms with Crippen molar-refractivity contribution in [2.24, 2.45) is 5.92 Å². The normalized spacial score (nSPS) is 19.8. The van der Waals surface area contributed by atoms with E-state index >= 15 is 0 Å². The Kier molecular flexibility index (Phi) is 17.1. The third-order valence-corrected chi connectivity index (χ3v) is 6.39. The fourth-order valence-electron chi connectivity index (χ4n) is 4.53. The molecule has 0 spiro atoms. The third-order valence-electron chi connectivity index (χ3n) is 6.39. The van der Waals surface area contributed by atoms with E-state index in [4.69, 9.17) is 29.7 Å². The van der Waals surface area contributed by atoms with Gasteiger partial charge < -0.3 is 25.5 Å². The summed E-state index contributed by atoms with van der Waals surface area (Å²) in [5.41, 5.74) is 1.31. The van der Waals surface area contributed by atoms with E-state index in [1.165, 1.54) is 5.56 Å². The van der Waals surface area contributed by atoms with Gasteiger partial charge in [-0.1, -0.05) is 0 Å². The number of fused-ring (bicyclic) bond motifs is 1. The highest BCUT2D eigenvalue weighted by molar-refractivity contribution is 5.82. The number of halogens is 9. The zero-order valence-corrected chi connectivity index (χ0v) is 25.5. The van der Waals surface area contributed by atoms with E-state index in [-0.39, 0.29) is 11.9 Å². The molecular formula is C26H36F9N5O7. The van der Waals surface area contributed by atoms with Crippen molar-refractivity contribution in [2.45, 2.75) is 63.5 Å². The van der Waals surface area contributed by atoms with Crippen LogP contribution in [0.2, 0.25) is 0 Å². The molecule has 2 aliphatic rings. The lowest BCUT2D eigenvalue weighted by molar-refractivity contribution is -0.193. The fraction of sp³-hybridized carbons (Fsp3) is 0.654. The molecule has 12 nitrogen and oxygen atoms in total. The number of carbonyl (C=O) groups excluding carboxylic acids is 1. The number of rotatable bonds is 7. The van der Waals surface area contributed by atoms with Crippen molar-refractivity contribution in [3.05, 3.63) is 30.1 Å². The number of aliphatic carboxylic acids is 3. The van der Waals surface area contributed by atoms with E-state index in [9.17, 15) is 44.3 Å². The van der Waals surface area contributed by atoms with Gasteiger partial charge in [-0.2, -0.15) is 39.5 Å². The molecule has 3 atom stereocenters. The molecule has 2 fully saturated rings. The minimum atomic E-state index is -5.08. The number of carboxylic acid groups (broad SMARTS) is 3. The number of hydrogen-bond donors (Lipinski definition) is 4. The van der Waals surface area contributed by atoms with Crippen LogP contribution in [0.5, 0.6) is 0 Å². The molecule has 4 N–H and O–H groups in total. The number of hydrogen-bond acceptors (Lipinski definition) is 8. The van der Waals surface area contributed by atoms with Crippen molar-refractivity contribution in [2.75, 3.05) is 40.3 Å². The van der Waals surface area contributed by atoms with Crippen molar-refractivity contribution < 1.29 is 74.0 Å². The van der Waals surface area contributed by atoms with Crippen LogP contribution in [0.15, 0.2) is 24.5 Å². The fourth-order valence-corrected chi connectivity index (χ4v) is 4.53. The molecule has 0 radical (unpaired) electrons. The first kappa shape index (κ1) is 43.3. The molecule has 0 aliphatic carbocycles. The lowest BCUT2D eigenvalue weighted by atomic mass is 10.0. The summed E-state index contributed by atoms with van der Waals surface area (Å²) < 4.78 is 95.2. The van der Waals surface area contributed by atoms with Gasteiger partial charge in [-0.25, -0.2) is 14.4 Å². The van der Waals surface area contributed by atoms with Gasteiger partial charge in [0.05, 0.1) is 6.04 Å². The Morgan fingerprint density at radius 3 is 1.66 bits per heavy atom. The van der Waals surface area contributed by atoms with Crippen LogP contribution in [0, 0.1) is 5.92 Å². The largest absolute Gasteiger partial charge is 0.490 e. The van der Waals surface area contributed by atoms with Gasteiger partial charge in [0.1, 0.15) is 0 Å². The van der Waals surface area contributed by atoms with Gasteiger partial charge in [-0.15, -0.1) is 0 Å². The predicted octanol–water partition coefficient (Wildman–Crippen LogP) is 2.94. The molecule has 1 amide bonds. The van der Waals surface area contributed by atoms with Gasteiger partial charge in [0.15, 0.2) is 0 Å². The number of amides is 1. The first-order valence-electron chi connectivity index (χ1n) is 13.5. The minimum Gasteiger partial charge on any atom is -0.475 e. The number of alkyl halides is 9. The second-order valence-corrected chi connectivity index (χ2v) is 10.7. The summed E-state index contributed by atoms with van der Waals surface area (Å²) in [6.45, 7) is 9.14. The highest BCUT2D eigenvalue weighted by Gasteiger charge is 2.49. The topological polar surface area (TPSA) is 164 Å². The average Bonchev–Trinajstić information content (AvgIpc) is 3.45. The molecule has 2 saturated heterocycles. The Bertz CT molecular complexity index is 1090. The summed E-state index contributed by atoms with van der Waals surface area (Å²) >= 11 is 0. The Balaban J connectivity index is 0.000000820. The first-order valence-corrected chi connectivity index (χ1v) is 13.5. The first-order chi connectivity index (χ1) is 21.3. The standard InChI is InChI=1S/C20H33N5O.3C2HF3O2/c1-15(2)25-18(20(26)22-9-10-23(3)4)11-17-13-24(14-19(17)25)12-16-5-7-21-8-6-16;3*3-2(4,5)1(6)7/h5-8,15,17-19H,9-14H2,1-4H3,(H,22,26);3*(H,6,7)/t17-,18+,19+;;;/m0.../s1. The van der Waals surface area contributed by atoms with E-state index in [0.29, 0.717) is 18.0 Å². The van der Waals surface area contributed by atoms with Crippen LogP contribution < -0.4 is 5.32 Å². The molecule has 1 aromatic rings. The molecule has 0 aromatic carbocycles. The molecule has 1 aromatic heterocycles. The van der Waals surface area contributed by atoms with Gasteiger partial charge in [0.25, 0.3) is 0 Å². The van der Waals surface area contributed by atoms with Crippen molar-refractivity contribution in [3.8, 4) is 0 Å². The van der Waals surface area contributed by atoms with Crippen LogP contribution in [0.3, 0.4) is 0 Å². The van der Waals surface area contributed by atoms with Crippen molar-refractivity contribution >= 4 is 23.8 Å². The summed E-state index contributed by atoms with van der Waals surface area (Å²) in [4.78, 5) is 50.6. The molecule has 0 saturated carbocycles. The summed E-state index contributed by atoms with van der Waals surface area (Å²) in [6.07, 6.45) is -10.6. The zero-order chi connectivity index (χ0) is 36.9. The number of likely N-dealkylation sites (tertiary alicyclic amines) is 2. The lowest BCUT2D eigenvalue weighted by Crippen LogP contribution is -2.51. The number of pyridine rings is 1. The smallest absolute Gasteiger partial charge is 0.475 e. The monoisotopic (exact) mass is 701 g/mol. The van der Waals surface area contributed by atoms with Crippen molar-refractivity contribution in [3.63, 3.8) is 0 Å². The van der Waals surface area contributed by atoms with E-state index in [2.05, 4.69) is 51.0 Å². The Morgan fingerprint density at radius 2 is 1.30 bits per heavy atom. The number of nitrogens with one attached hydrogen (secondary N) is 1. The Morgan fingerprint density at radius 1 is 0.872 bits per heavy atom. The Hall–Kier alpha value is -3.72. The predicted molar refractivity (Wildman–Crippen MR) is 145 cm³/mol. The maximum atomic E-state index is 12.8. The van der Waals surface area contributed by atoms with E-state index < -0.39 is 36.4 Å². The molecule has 2 aliphatic heterocycles.